The Kier molecular flexibility index (Phi) is 3.23. The van der Waals surface area contributed by atoms with Crippen molar-refractivity contribution < 1.29 is 0 Å². The quantitative estimate of drug-likeness (QED) is 0.539. The van der Waals surface area contributed by atoms with Crippen LogP contribution in [-0.2, 0) is 0 Å². The lowest BCUT2D eigenvalue weighted by Gasteiger charge is -1.82. The molecule has 0 saturated carbocycles. The maximum atomic E-state index is 3.36. The van der Waals surface area contributed by atoms with Crippen LogP contribution in [0, 0.1) is 11.8 Å². The maximum absolute atomic E-state index is 3.36. The molecule has 0 amide bonds. The second-order valence-electron chi connectivity index (χ2n) is 2.89. The standard InChI is InChI=1S/C12H9BrS/c13-8-4-3-6-11-9-10-5-1-2-7-12(10)14-11/h1-2,5,7,9H,4,8H2. The lowest BCUT2D eigenvalue weighted by atomic mass is 10.2. The monoisotopic (exact) mass is 264 g/mol. The molecule has 2 aromatic rings. The number of halogens is 1. The van der Waals surface area contributed by atoms with E-state index in [0.29, 0.717) is 0 Å². The summed E-state index contributed by atoms with van der Waals surface area (Å²) in [5.41, 5.74) is 0. The molecular formula is C12H9BrS. The molecule has 70 valence electrons. The number of fused-ring (bicyclic) bond motifs is 1. The van der Waals surface area contributed by atoms with E-state index in [9.17, 15) is 0 Å². The fraction of sp³-hybridized carbons (Fsp3) is 0.167. The van der Waals surface area contributed by atoms with Crippen LogP contribution in [0.2, 0.25) is 0 Å². The van der Waals surface area contributed by atoms with Crippen molar-refractivity contribution in [2.45, 2.75) is 6.42 Å². The number of benzene rings is 1. The van der Waals surface area contributed by atoms with Gasteiger partial charge >= 0.3 is 0 Å². The molecule has 2 rings (SSSR count). The molecule has 1 heterocycles. The first-order valence-corrected chi connectivity index (χ1v) is 6.37. The summed E-state index contributed by atoms with van der Waals surface area (Å²) in [5, 5.41) is 2.24. The van der Waals surface area contributed by atoms with Gasteiger partial charge in [-0.25, -0.2) is 0 Å². The van der Waals surface area contributed by atoms with Crippen LogP contribution >= 0.6 is 27.3 Å². The van der Waals surface area contributed by atoms with Crippen LogP contribution in [0.5, 0.6) is 0 Å². The van der Waals surface area contributed by atoms with Crippen molar-refractivity contribution in [1.29, 1.82) is 0 Å². The highest BCUT2D eigenvalue weighted by atomic mass is 79.9. The Bertz CT molecular complexity index is 454. The van der Waals surface area contributed by atoms with Crippen molar-refractivity contribution >= 4 is 37.4 Å². The Hall–Kier alpha value is -0.780. The van der Waals surface area contributed by atoms with E-state index in [2.05, 4.69) is 58.1 Å². The fourth-order valence-electron chi connectivity index (χ4n) is 1.24. The molecule has 1 aromatic carbocycles. The highest BCUT2D eigenvalue weighted by Gasteiger charge is 1.96. The zero-order valence-corrected chi connectivity index (χ0v) is 9.99. The van der Waals surface area contributed by atoms with Gasteiger partial charge in [-0.05, 0) is 17.5 Å². The zero-order chi connectivity index (χ0) is 9.80. The molecule has 0 radical (unpaired) electrons. The van der Waals surface area contributed by atoms with Crippen LogP contribution < -0.4 is 0 Å². The smallest absolute Gasteiger partial charge is 0.0781 e. The molecule has 0 bridgehead atoms. The minimum atomic E-state index is 0.911. The van der Waals surface area contributed by atoms with E-state index in [0.717, 1.165) is 16.6 Å². The normalized spacial score (nSPS) is 9.79. The van der Waals surface area contributed by atoms with Crippen LogP contribution in [0.1, 0.15) is 11.3 Å². The number of hydrogen-bond acceptors (Lipinski definition) is 1. The number of thiophene rings is 1. The lowest BCUT2D eigenvalue weighted by Crippen LogP contribution is -1.66. The van der Waals surface area contributed by atoms with Gasteiger partial charge in [0.25, 0.3) is 0 Å². The van der Waals surface area contributed by atoms with Crippen molar-refractivity contribution in [3.05, 3.63) is 35.2 Å². The summed E-state index contributed by atoms with van der Waals surface area (Å²) in [6, 6.07) is 10.5. The van der Waals surface area contributed by atoms with Gasteiger partial charge in [-0.1, -0.05) is 46.0 Å². The second-order valence-corrected chi connectivity index (χ2v) is 4.77. The van der Waals surface area contributed by atoms with Crippen molar-refractivity contribution in [3.8, 4) is 11.8 Å². The van der Waals surface area contributed by atoms with Gasteiger partial charge in [0.15, 0.2) is 0 Å². The van der Waals surface area contributed by atoms with Gasteiger partial charge in [0.2, 0.25) is 0 Å². The molecule has 0 aliphatic heterocycles. The maximum Gasteiger partial charge on any atom is 0.0781 e. The van der Waals surface area contributed by atoms with Crippen molar-refractivity contribution in [3.63, 3.8) is 0 Å². The average molecular weight is 265 g/mol. The first-order chi connectivity index (χ1) is 6.90. The molecule has 0 N–H and O–H groups in total. The molecule has 14 heavy (non-hydrogen) atoms. The van der Waals surface area contributed by atoms with E-state index in [4.69, 9.17) is 0 Å². The summed E-state index contributed by atoms with van der Waals surface area (Å²) in [7, 11) is 0. The molecule has 0 nitrogen and oxygen atoms in total. The number of alkyl halides is 1. The third-order valence-corrected chi connectivity index (χ3v) is 3.28. The zero-order valence-electron chi connectivity index (χ0n) is 7.59. The third-order valence-electron chi connectivity index (χ3n) is 1.86. The Labute approximate surface area is 96.1 Å². The SMILES string of the molecule is BrCCC#Cc1cc2ccccc2s1. The summed E-state index contributed by atoms with van der Waals surface area (Å²) in [5.74, 6) is 6.30. The summed E-state index contributed by atoms with van der Waals surface area (Å²) in [4.78, 5) is 1.16. The van der Waals surface area contributed by atoms with Crippen LogP contribution in [0.15, 0.2) is 30.3 Å². The summed E-state index contributed by atoms with van der Waals surface area (Å²) >= 11 is 5.12. The van der Waals surface area contributed by atoms with E-state index < -0.39 is 0 Å². The first-order valence-electron chi connectivity index (χ1n) is 4.43. The Morgan fingerprint density at radius 2 is 2.14 bits per heavy atom. The molecule has 0 fully saturated rings. The van der Waals surface area contributed by atoms with Gasteiger partial charge in [0, 0.05) is 16.5 Å². The highest BCUT2D eigenvalue weighted by Crippen LogP contribution is 2.24. The fourth-order valence-corrected chi connectivity index (χ4v) is 2.38. The molecular weight excluding hydrogens is 256 g/mol. The highest BCUT2D eigenvalue weighted by molar-refractivity contribution is 9.09. The van der Waals surface area contributed by atoms with Gasteiger partial charge in [0.1, 0.15) is 0 Å². The van der Waals surface area contributed by atoms with Crippen molar-refractivity contribution in [1.82, 2.24) is 0 Å². The summed E-state index contributed by atoms with van der Waals surface area (Å²) in [6.07, 6.45) is 0.911. The predicted octanol–water partition coefficient (Wildman–Crippen LogP) is 4.04. The molecule has 0 unspecified atom stereocenters. The molecule has 0 aliphatic carbocycles. The van der Waals surface area contributed by atoms with Crippen LogP contribution in [-0.4, -0.2) is 5.33 Å². The van der Waals surface area contributed by atoms with Gasteiger partial charge in [-0.15, -0.1) is 11.3 Å². The molecule has 1 aromatic heterocycles. The largest absolute Gasteiger partial charge is 0.127 e. The third kappa shape index (κ3) is 2.17. The first kappa shape index (κ1) is 9.76. The average Bonchev–Trinajstić information content (AvgIpc) is 2.60. The van der Waals surface area contributed by atoms with Crippen LogP contribution in [0.4, 0.5) is 0 Å². The van der Waals surface area contributed by atoms with Crippen molar-refractivity contribution in [2.24, 2.45) is 0 Å². The minimum Gasteiger partial charge on any atom is -0.127 e. The van der Waals surface area contributed by atoms with Crippen molar-refractivity contribution in [2.75, 3.05) is 5.33 Å². The van der Waals surface area contributed by atoms with Gasteiger partial charge in [0.05, 0.1) is 4.88 Å². The molecule has 0 spiro atoms. The molecule has 2 heteroatoms. The van der Waals surface area contributed by atoms with Gasteiger partial charge in [-0.3, -0.25) is 0 Å². The second kappa shape index (κ2) is 4.63. The van der Waals surface area contributed by atoms with E-state index >= 15 is 0 Å². The molecule has 0 saturated heterocycles. The summed E-state index contributed by atoms with van der Waals surface area (Å²) < 4.78 is 1.32. The number of hydrogen-bond donors (Lipinski definition) is 0. The lowest BCUT2D eigenvalue weighted by molar-refractivity contribution is 1.32. The predicted molar refractivity (Wildman–Crippen MR) is 67.1 cm³/mol. The minimum absolute atomic E-state index is 0.911. The topological polar surface area (TPSA) is 0 Å². The molecule has 0 aliphatic rings. The van der Waals surface area contributed by atoms with E-state index in [1.54, 1.807) is 11.3 Å². The Balaban J connectivity index is 2.33. The van der Waals surface area contributed by atoms with E-state index in [1.165, 1.54) is 10.1 Å². The van der Waals surface area contributed by atoms with E-state index in [-0.39, 0.29) is 0 Å². The van der Waals surface area contributed by atoms with Crippen LogP contribution in [0.3, 0.4) is 0 Å². The number of rotatable bonds is 1. The van der Waals surface area contributed by atoms with E-state index in [1.807, 2.05) is 0 Å². The Morgan fingerprint density at radius 1 is 1.29 bits per heavy atom. The van der Waals surface area contributed by atoms with Crippen LogP contribution in [0.25, 0.3) is 10.1 Å². The summed E-state index contributed by atoms with van der Waals surface area (Å²) in [6.45, 7) is 0. The molecule has 0 atom stereocenters. The van der Waals surface area contributed by atoms with Gasteiger partial charge < -0.3 is 0 Å². The van der Waals surface area contributed by atoms with Gasteiger partial charge in [-0.2, -0.15) is 0 Å². The Morgan fingerprint density at radius 3 is 2.93 bits per heavy atom.